The molecule has 1 aliphatic rings. The highest BCUT2D eigenvalue weighted by Crippen LogP contribution is 2.26. The number of halogens is 2. The quantitative estimate of drug-likeness (QED) is 0.683. The molecule has 0 aromatic heterocycles. The van der Waals surface area contributed by atoms with Crippen molar-refractivity contribution >= 4 is 43.5 Å². The van der Waals surface area contributed by atoms with E-state index in [1.807, 2.05) is 31.2 Å². The fourth-order valence-corrected chi connectivity index (χ4v) is 5.14. The van der Waals surface area contributed by atoms with Gasteiger partial charge in [0.05, 0.1) is 10.9 Å². The molecule has 1 N–H and O–H groups in total. The molecule has 5 nitrogen and oxygen atoms in total. The highest BCUT2D eigenvalue weighted by molar-refractivity contribution is 9.10. The molecular formula is C20H22BrClN2O3S. The van der Waals surface area contributed by atoms with Crippen LogP contribution in [-0.4, -0.2) is 31.7 Å². The molecule has 0 aliphatic carbocycles. The molecule has 2 aromatic carbocycles. The molecule has 1 atom stereocenters. The third-order valence-corrected chi connectivity index (χ3v) is 7.70. The molecule has 1 amide bonds. The van der Waals surface area contributed by atoms with Gasteiger partial charge in [0.25, 0.3) is 0 Å². The summed E-state index contributed by atoms with van der Waals surface area (Å²) in [6.07, 6.45) is 1.01. The zero-order valence-corrected chi connectivity index (χ0v) is 18.6. The summed E-state index contributed by atoms with van der Waals surface area (Å²) < 4.78 is 27.9. The van der Waals surface area contributed by atoms with E-state index in [0.717, 1.165) is 10.0 Å². The Labute approximate surface area is 179 Å². The lowest BCUT2D eigenvalue weighted by atomic mass is 9.96. The normalized spacial score (nSPS) is 17.2. The lowest BCUT2D eigenvalue weighted by molar-refractivity contribution is -0.126. The van der Waals surface area contributed by atoms with Gasteiger partial charge in [-0.3, -0.25) is 4.79 Å². The maximum atomic E-state index is 12.7. The average molecular weight is 486 g/mol. The molecule has 2 aromatic rings. The first kappa shape index (κ1) is 21.3. The van der Waals surface area contributed by atoms with Crippen molar-refractivity contribution in [1.29, 1.82) is 0 Å². The molecule has 1 fully saturated rings. The number of carbonyl (C=O) groups is 1. The summed E-state index contributed by atoms with van der Waals surface area (Å²) in [7, 11) is -3.56. The van der Waals surface area contributed by atoms with Crippen molar-refractivity contribution in [3.63, 3.8) is 0 Å². The van der Waals surface area contributed by atoms with Crippen molar-refractivity contribution in [2.75, 3.05) is 13.1 Å². The summed E-state index contributed by atoms with van der Waals surface area (Å²) in [6, 6.07) is 13.9. The molecule has 0 radical (unpaired) electrons. The number of hydrogen-bond acceptors (Lipinski definition) is 3. The third kappa shape index (κ3) is 4.95. The number of amides is 1. The van der Waals surface area contributed by atoms with Gasteiger partial charge in [-0.05, 0) is 61.7 Å². The Balaban J connectivity index is 1.57. The van der Waals surface area contributed by atoms with E-state index in [-0.39, 0.29) is 22.8 Å². The number of sulfonamides is 1. The van der Waals surface area contributed by atoms with E-state index in [2.05, 4.69) is 21.2 Å². The van der Waals surface area contributed by atoms with Gasteiger partial charge < -0.3 is 5.32 Å². The van der Waals surface area contributed by atoms with Gasteiger partial charge in [-0.1, -0.05) is 39.7 Å². The number of benzene rings is 2. The topological polar surface area (TPSA) is 66.5 Å². The molecule has 0 unspecified atom stereocenters. The minimum atomic E-state index is -3.56. The molecular weight excluding hydrogens is 464 g/mol. The van der Waals surface area contributed by atoms with E-state index in [1.165, 1.54) is 16.4 Å². The second-order valence-corrected chi connectivity index (χ2v) is 10.2. The number of carbonyl (C=O) groups excluding carboxylic acids is 1. The second-order valence-electron chi connectivity index (χ2n) is 6.91. The van der Waals surface area contributed by atoms with Crippen LogP contribution in [0.5, 0.6) is 0 Å². The largest absolute Gasteiger partial charge is 0.349 e. The average Bonchev–Trinajstić information content (AvgIpc) is 2.69. The first-order valence-electron chi connectivity index (χ1n) is 9.09. The minimum absolute atomic E-state index is 0.0287. The molecule has 3 rings (SSSR count). The van der Waals surface area contributed by atoms with Crippen LogP contribution >= 0.6 is 27.5 Å². The molecule has 0 saturated carbocycles. The first-order valence-corrected chi connectivity index (χ1v) is 11.7. The fraction of sp³-hybridized carbons (Fsp3) is 0.350. The lowest BCUT2D eigenvalue weighted by Gasteiger charge is -2.31. The molecule has 28 heavy (non-hydrogen) atoms. The molecule has 1 aliphatic heterocycles. The van der Waals surface area contributed by atoms with Crippen molar-refractivity contribution in [2.24, 2.45) is 5.92 Å². The lowest BCUT2D eigenvalue weighted by Crippen LogP contribution is -2.43. The Morgan fingerprint density at radius 2 is 1.68 bits per heavy atom. The van der Waals surface area contributed by atoms with Crippen LogP contribution in [0.4, 0.5) is 0 Å². The Morgan fingerprint density at radius 3 is 2.25 bits per heavy atom. The number of nitrogens with one attached hydrogen (secondary N) is 1. The third-order valence-electron chi connectivity index (χ3n) is 5.00. The van der Waals surface area contributed by atoms with Crippen molar-refractivity contribution in [2.45, 2.75) is 30.7 Å². The van der Waals surface area contributed by atoms with Gasteiger partial charge in [-0.15, -0.1) is 0 Å². The maximum Gasteiger partial charge on any atom is 0.243 e. The summed E-state index contributed by atoms with van der Waals surface area (Å²) in [5, 5.41) is 3.53. The maximum absolute atomic E-state index is 12.7. The van der Waals surface area contributed by atoms with E-state index in [4.69, 9.17) is 11.6 Å². The van der Waals surface area contributed by atoms with Gasteiger partial charge in [-0.25, -0.2) is 8.42 Å². The summed E-state index contributed by atoms with van der Waals surface area (Å²) in [5.41, 5.74) is 1.03. The number of nitrogens with zero attached hydrogens (tertiary/aromatic N) is 1. The van der Waals surface area contributed by atoms with Crippen LogP contribution in [0.3, 0.4) is 0 Å². The van der Waals surface area contributed by atoms with Crippen LogP contribution in [0.1, 0.15) is 31.4 Å². The Bertz CT molecular complexity index is 925. The SMILES string of the molecule is C[C@@H](NC(=O)C1CCN(S(=O)(=O)c2ccc(Cl)cc2)CC1)c1ccc(Br)cc1. The zero-order chi connectivity index (χ0) is 20.3. The summed E-state index contributed by atoms with van der Waals surface area (Å²) in [5.74, 6) is -0.214. The number of hydrogen-bond donors (Lipinski definition) is 1. The van der Waals surface area contributed by atoms with Crippen molar-refractivity contribution in [1.82, 2.24) is 9.62 Å². The van der Waals surface area contributed by atoms with Crippen molar-refractivity contribution in [3.05, 3.63) is 63.6 Å². The zero-order valence-electron chi connectivity index (χ0n) is 15.4. The van der Waals surface area contributed by atoms with Crippen LogP contribution < -0.4 is 5.32 Å². The van der Waals surface area contributed by atoms with Crippen molar-refractivity contribution in [3.8, 4) is 0 Å². The molecule has 150 valence electrons. The highest BCUT2D eigenvalue weighted by atomic mass is 79.9. The predicted octanol–water partition coefficient (Wildman–Crippen LogP) is 4.38. The van der Waals surface area contributed by atoms with E-state index in [9.17, 15) is 13.2 Å². The van der Waals surface area contributed by atoms with Gasteiger partial charge in [-0.2, -0.15) is 4.31 Å². The predicted molar refractivity (Wildman–Crippen MR) is 114 cm³/mol. The summed E-state index contributed by atoms with van der Waals surface area (Å²) >= 11 is 9.24. The van der Waals surface area contributed by atoms with Crippen LogP contribution in [0.2, 0.25) is 5.02 Å². The number of piperidine rings is 1. The van der Waals surface area contributed by atoms with Gasteiger partial charge in [0.15, 0.2) is 0 Å². The van der Waals surface area contributed by atoms with E-state index in [1.54, 1.807) is 12.1 Å². The van der Waals surface area contributed by atoms with E-state index < -0.39 is 10.0 Å². The fourth-order valence-electron chi connectivity index (χ4n) is 3.28. The Kier molecular flexibility index (Phi) is 6.81. The van der Waals surface area contributed by atoms with Crippen LogP contribution in [0.15, 0.2) is 57.9 Å². The highest BCUT2D eigenvalue weighted by Gasteiger charge is 2.32. The monoisotopic (exact) mass is 484 g/mol. The smallest absolute Gasteiger partial charge is 0.243 e. The van der Waals surface area contributed by atoms with E-state index >= 15 is 0 Å². The van der Waals surface area contributed by atoms with Crippen LogP contribution in [0.25, 0.3) is 0 Å². The second kappa shape index (κ2) is 8.95. The van der Waals surface area contributed by atoms with Gasteiger partial charge in [0.1, 0.15) is 0 Å². The Morgan fingerprint density at radius 1 is 1.11 bits per heavy atom. The minimum Gasteiger partial charge on any atom is -0.349 e. The van der Waals surface area contributed by atoms with Crippen LogP contribution in [0, 0.1) is 5.92 Å². The molecule has 0 bridgehead atoms. The molecule has 1 saturated heterocycles. The Hall–Kier alpha value is -1.41. The summed E-state index contributed by atoms with van der Waals surface area (Å²) in [4.78, 5) is 12.8. The van der Waals surface area contributed by atoms with Gasteiger partial charge in [0.2, 0.25) is 15.9 Å². The molecule has 0 spiro atoms. The van der Waals surface area contributed by atoms with E-state index in [0.29, 0.717) is 31.0 Å². The summed E-state index contributed by atoms with van der Waals surface area (Å²) in [6.45, 7) is 2.60. The molecule has 8 heteroatoms. The van der Waals surface area contributed by atoms with Crippen molar-refractivity contribution < 1.29 is 13.2 Å². The van der Waals surface area contributed by atoms with Gasteiger partial charge in [0, 0.05) is 28.5 Å². The molecule has 1 heterocycles. The van der Waals surface area contributed by atoms with Gasteiger partial charge >= 0.3 is 0 Å². The number of rotatable bonds is 5. The first-order chi connectivity index (χ1) is 13.3. The standard InChI is InChI=1S/C20H22BrClN2O3S/c1-14(15-2-4-17(21)5-3-15)23-20(25)16-10-12-24(13-11-16)28(26,27)19-8-6-18(22)7-9-19/h2-9,14,16H,10-13H2,1H3,(H,23,25)/t14-/m1/s1. The van der Waals surface area contributed by atoms with Crippen LogP contribution in [-0.2, 0) is 14.8 Å².